The number of halogens is 4. The number of aromatic nitrogens is 2. The summed E-state index contributed by atoms with van der Waals surface area (Å²) in [7, 11) is 1.27. The van der Waals surface area contributed by atoms with Crippen molar-refractivity contribution in [1.29, 1.82) is 0 Å². The van der Waals surface area contributed by atoms with Gasteiger partial charge in [0, 0.05) is 22.9 Å². The fourth-order valence-electron chi connectivity index (χ4n) is 3.75. The summed E-state index contributed by atoms with van der Waals surface area (Å²) in [5.41, 5.74) is 2.10. The second-order valence-electron chi connectivity index (χ2n) is 8.32. The molecule has 7 nitrogen and oxygen atoms in total. The number of hydrogen-bond acceptors (Lipinski definition) is 4. The van der Waals surface area contributed by atoms with Crippen LogP contribution in [0.4, 0.5) is 19.3 Å². The lowest BCUT2D eigenvalue weighted by atomic mass is 10.1. The van der Waals surface area contributed by atoms with Crippen molar-refractivity contribution in [3.05, 3.63) is 112 Å². The van der Waals surface area contributed by atoms with E-state index in [1.807, 2.05) is 30.3 Å². The highest BCUT2D eigenvalue weighted by Gasteiger charge is 2.21. The number of nitrogens with zero attached hydrogens (tertiary/aromatic N) is 1. The molecular weight excluding hydrogens is 549 g/mol. The van der Waals surface area contributed by atoms with Gasteiger partial charge < -0.3 is 15.0 Å². The van der Waals surface area contributed by atoms with Crippen LogP contribution >= 0.6 is 23.2 Å². The van der Waals surface area contributed by atoms with Crippen molar-refractivity contribution >= 4 is 47.0 Å². The van der Waals surface area contributed by atoms with Crippen molar-refractivity contribution in [2.45, 2.75) is 12.5 Å². The van der Waals surface area contributed by atoms with E-state index in [0.29, 0.717) is 29.2 Å². The number of carbonyl (C=O) groups excluding carboxylic acids is 2. The number of benzene rings is 3. The molecule has 0 saturated heterocycles. The van der Waals surface area contributed by atoms with Gasteiger partial charge in [-0.15, -0.1) is 0 Å². The van der Waals surface area contributed by atoms with Gasteiger partial charge in [-0.25, -0.2) is 18.6 Å². The maximum atomic E-state index is 14.2. The lowest BCUT2D eigenvalue weighted by Gasteiger charge is -2.16. The molecule has 0 aliphatic rings. The molecule has 3 N–H and O–H groups in total. The van der Waals surface area contributed by atoms with Gasteiger partial charge in [0.25, 0.3) is 0 Å². The number of carbonyl (C=O) groups is 2. The SMILES string of the molecule is COC(=O)Nc1ccc(-c2nc([C@H](Cc3ccccc3)NC(=O)/C=C/c3c(F)ccc(Cl)c3F)[nH]c2Cl)cc1. The van der Waals surface area contributed by atoms with E-state index in [0.717, 1.165) is 29.8 Å². The van der Waals surface area contributed by atoms with Gasteiger partial charge in [0.1, 0.15) is 22.5 Å². The van der Waals surface area contributed by atoms with E-state index in [2.05, 4.69) is 25.3 Å². The number of imidazole rings is 1. The third kappa shape index (κ3) is 7.01. The molecule has 0 aliphatic heterocycles. The second kappa shape index (κ2) is 12.6. The van der Waals surface area contributed by atoms with E-state index in [9.17, 15) is 18.4 Å². The van der Waals surface area contributed by atoms with E-state index in [1.165, 1.54) is 7.11 Å². The number of hydrogen-bond donors (Lipinski definition) is 3. The van der Waals surface area contributed by atoms with Crippen molar-refractivity contribution in [3.63, 3.8) is 0 Å². The number of ether oxygens (including phenoxy) is 1. The molecular formula is C28H22Cl2F2N4O3. The summed E-state index contributed by atoms with van der Waals surface area (Å²) in [6.45, 7) is 0. The molecule has 39 heavy (non-hydrogen) atoms. The van der Waals surface area contributed by atoms with Gasteiger partial charge in [-0.05, 0) is 42.3 Å². The number of amides is 2. The second-order valence-corrected chi connectivity index (χ2v) is 9.10. The van der Waals surface area contributed by atoms with Gasteiger partial charge >= 0.3 is 6.09 Å². The summed E-state index contributed by atoms with van der Waals surface area (Å²) in [6, 6.07) is 17.6. The van der Waals surface area contributed by atoms with Gasteiger partial charge in [-0.2, -0.15) is 0 Å². The number of methoxy groups -OCH3 is 1. The molecule has 2 amide bonds. The number of anilines is 1. The zero-order valence-electron chi connectivity index (χ0n) is 20.5. The summed E-state index contributed by atoms with van der Waals surface area (Å²) in [6.07, 6.45) is 1.80. The van der Waals surface area contributed by atoms with Crippen molar-refractivity contribution in [3.8, 4) is 11.3 Å². The highest BCUT2D eigenvalue weighted by Crippen LogP contribution is 2.29. The van der Waals surface area contributed by atoms with Crippen LogP contribution in [0.2, 0.25) is 10.2 Å². The minimum Gasteiger partial charge on any atom is -0.453 e. The van der Waals surface area contributed by atoms with Gasteiger partial charge in [0.15, 0.2) is 5.82 Å². The predicted octanol–water partition coefficient (Wildman–Crippen LogP) is 6.95. The highest BCUT2D eigenvalue weighted by molar-refractivity contribution is 6.32. The number of rotatable bonds is 8. The molecule has 4 rings (SSSR count). The Morgan fingerprint density at radius 2 is 1.77 bits per heavy atom. The predicted molar refractivity (Wildman–Crippen MR) is 146 cm³/mol. The van der Waals surface area contributed by atoms with E-state index < -0.39 is 35.2 Å². The van der Waals surface area contributed by atoms with Gasteiger partial charge in [0.2, 0.25) is 5.91 Å². The number of nitrogens with one attached hydrogen (secondary N) is 3. The highest BCUT2D eigenvalue weighted by atomic mass is 35.5. The fourth-order valence-corrected chi connectivity index (χ4v) is 4.16. The van der Waals surface area contributed by atoms with Gasteiger partial charge in [-0.3, -0.25) is 10.1 Å². The van der Waals surface area contributed by atoms with Crippen LogP contribution in [0.1, 0.15) is 23.0 Å². The molecule has 0 saturated carbocycles. The maximum absolute atomic E-state index is 14.2. The van der Waals surface area contributed by atoms with Crippen LogP contribution in [0, 0.1) is 11.6 Å². The lowest BCUT2D eigenvalue weighted by Crippen LogP contribution is -2.29. The first-order valence-electron chi connectivity index (χ1n) is 11.6. The van der Waals surface area contributed by atoms with Crippen LogP contribution < -0.4 is 10.6 Å². The fraction of sp³-hybridized carbons (Fsp3) is 0.107. The zero-order valence-corrected chi connectivity index (χ0v) is 22.0. The van der Waals surface area contributed by atoms with Crippen LogP contribution in [0.15, 0.2) is 72.8 Å². The molecule has 11 heteroatoms. The summed E-state index contributed by atoms with van der Waals surface area (Å²) < 4.78 is 32.9. The molecule has 1 aromatic heterocycles. The first-order valence-corrected chi connectivity index (χ1v) is 12.4. The van der Waals surface area contributed by atoms with Crippen LogP contribution in [-0.4, -0.2) is 29.1 Å². The average molecular weight is 571 g/mol. The molecule has 0 bridgehead atoms. The van der Waals surface area contributed by atoms with E-state index >= 15 is 0 Å². The maximum Gasteiger partial charge on any atom is 0.411 e. The van der Waals surface area contributed by atoms with Crippen molar-refractivity contribution < 1.29 is 23.1 Å². The smallest absolute Gasteiger partial charge is 0.411 e. The number of H-pyrrole nitrogens is 1. The molecule has 200 valence electrons. The monoisotopic (exact) mass is 570 g/mol. The quantitative estimate of drug-likeness (QED) is 0.158. The first kappa shape index (κ1) is 27.8. The van der Waals surface area contributed by atoms with Crippen molar-refractivity contribution in [2.24, 2.45) is 0 Å². The van der Waals surface area contributed by atoms with Crippen LogP contribution in [0.25, 0.3) is 17.3 Å². The summed E-state index contributed by atoms with van der Waals surface area (Å²) in [5, 5.41) is 5.36. The Balaban J connectivity index is 1.59. The molecule has 3 aromatic carbocycles. The van der Waals surface area contributed by atoms with E-state index in [4.69, 9.17) is 23.2 Å². The average Bonchev–Trinajstić information content (AvgIpc) is 3.33. The van der Waals surface area contributed by atoms with Crippen LogP contribution in [0.5, 0.6) is 0 Å². The molecule has 0 aliphatic carbocycles. The van der Waals surface area contributed by atoms with Gasteiger partial charge in [0.05, 0.1) is 18.2 Å². The Morgan fingerprint density at radius 3 is 2.46 bits per heavy atom. The minimum atomic E-state index is -0.961. The Morgan fingerprint density at radius 1 is 1.05 bits per heavy atom. The van der Waals surface area contributed by atoms with E-state index in [-0.39, 0.29) is 10.2 Å². The molecule has 0 fully saturated rings. The molecule has 0 spiro atoms. The standard InChI is InChI=1S/C28H22Cl2F2N4O3/c1-39-28(38)33-18-9-7-17(8-10-18)25-26(30)36-27(35-25)22(15-16-5-3-2-4-6-16)34-23(37)14-11-19-21(31)13-12-20(29)24(19)32/h2-14,22H,15H2,1H3,(H,33,38)(H,34,37)(H,35,36)/b14-11+/t22-/m0/s1. The van der Waals surface area contributed by atoms with Crippen LogP contribution in [-0.2, 0) is 16.0 Å². The zero-order chi connectivity index (χ0) is 27.9. The first-order chi connectivity index (χ1) is 18.7. The normalized spacial score (nSPS) is 11.8. The number of aromatic amines is 1. The van der Waals surface area contributed by atoms with E-state index in [1.54, 1.807) is 24.3 Å². The van der Waals surface area contributed by atoms with Crippen molar-refractivity contribution in [2.75, 3.05) is 12.4 Å². The summed E-state index contributed by atoms with van der Waals surface area (Å²) in [4.78, 5) is 31.9. The van der Waals surface area contributed by atoms with Crippen LogP contribution in [0.3, 0.4) is 0 Å². The Bertz CT molecular complexity index is 1510. The van der Waals surface area contributed by atoms with Crippen molar-refractivity contribution in [1.82, 2.24) is 15.3 Å². The van der Waals surface area contributed by atoms with Gasteiger partial charge in [-0.1, -0.05) is 65.7 Å². The Hall–Kier alpha value is -4.21. The third-order valence-electron chi connectivity index (χ3n) is 5.68. The Labute approximate surface area is 232 Å². The largest absolute Gasteiger partial charge is 0.453 e. The Kier molecular flexibility index (Phi) is 8.96. The lowest BCUT2D eigenvalue weighted by molar-refractivity contribution is -0.117. The third-order valence-corrected chi connectivity index (χ3v) is 6.24. The topological polar surface area (TPSA) is 96.1 Å². The summed E-state index contributed by atoms with van der Waals surface area (Å²) in [5.74, 6) is -2.05. The summed E-state index contributed by atoms with van der Waals surface area (Å²) >= 11 is 12.2. The molecule has 0 radical (unpaired) electrons. The molecule has 1 atom stereocenters. The molecule has 0 unspecified atom stereocenters. The molecule has 1 heterocycles. The minimum absolute atomic E-state index is 0.240. The molecule has 4 aromatic rings.